The van der Waals surface area contributed by atoms with Crippen molar-refractivity contribution >= 4 is 49.8 Å². The van der Waals surface area contributed by atoms with E-state index in [0.717, 1.165) is 20.1 Å². The van der Waals surface area contributed by atoms with Gasteiger partial charge in [-0.3, -0.25) is 4.79 Å². The summed E-state index contributed by atoms with van der Waals surface area (Å²) in [5.74, 6) is 0.0610. The Morgan fingerprint density at radius 2 is 1.00 bits per heavy atom. The lowest BCUT2D eigenvalue weighted by Crippen LogP contribution is -1.96. The molecule has 0 aliphatic heterocycles. The molecule has 0 amide bonds. The molecule has 1 aliphatic rings. The van der Waals surface area contributed by atoms with Gasteiger partial charge in [0.15, 0.2) is 5.78 Å². The summed E-state index contributed by atoms with van der Waals surface area (Å²) in [6.07, 6.45) is 7.56. The molecule has 0 unspecified atom stereocenters. The van der Waals surface area contributed by atoms with Crippen LogP contribution in [0.4, 0.5) is 0 Å². The zero-order valence-corrected chi connectivity index (χ0v) is 14.8. The summed E-state index contributed by atoms with van der Waals surface area (Å²) < 4.78 is 2.05. The van der Waals surface area contributed by atoms with Gasteiger partial charge in [-0.15, -0.1) is 0 Å². The Hall–Kier alpha value is -1.71. The van der Waals surface area contributed by atoms with Crippen molar-refractivity contribution in [2.24, 2.45) is 0 Å². The van der Waals surface area contributed by atoms with Crippen LogP contribution in [0.15, 0.2) is 80.8 Å². The van der Waals surface area contributed by atoms with E-state index in [1.54, 1.807) is 0 Å². The number of Topliss-reactive ketones (excluding diaryl/α,β-unsaturated/α-hetero) is 1. The van der Waals surface area contributed by atoms with Gasteiger partial charge in [0.05, 0.1) is 0 Å². The van der Waals surface area contributed by atoms with Gasteiger partial charge in [-0.1, -0.05) is 68.3 Å². The van der Waals surface area contributed by atoms with E-state index in [-0.39, 0.29) is 5.78 Å². The second-order valence-corrected chi connectivity index (χ2v) is 6.80. The Balaban J connectivity index is 1.84. The van der Waals surface area contributed by atoms with Gasteiger partial charge >= 0.3 is 0 Å². The number of allylic oxidation sites excluding steroid dienone is 4. The smallest absolute Gasteiger partial charge is 0.193 e. The average Bonchev–Trinajstić information content (AvgIpc) is 2.85. The van der Waals surface area contributed by atoms with E-state index in [4.69, 9.17) is 0 Å². The summed E-state index contributed by atoms with van der Waals surface area (Å²) in [5, 5.41) is 0. The summed E-state index contributed by atoms with van der Waals surface area (Å²) in [5.41, 5.74) is 3.46. The van der Waals surface area contributed by atoms with Crippen molar-refractivity contribution in [2.75, 3.05) is 0 Å². The molecule has 0 fully saturated rings. The Morgan fingerprint density at radius 3 is 1.36 bits per heavy atom. The van der Waals surface area contributed by atoms with Crippen LogP contribution < -0.4 is 0 Å². The lowest BCUT2D eigenvalue weighted by Gasteiger charge is -1.99. The third kappa shape index (κ3) is 3.54. The number of carbonyl (C=O) groups is 1. The van der Waals surface area contributed by atoms with E-state index in [1.807, 2.05) is 72.8 Å². The molecular formula is C19H12Br2O. The molecule has 0 aromatic heterocycles. The summed E-state index contributed by atoms with van der Waals surface area (Å²) in [6.45, 7) is 0. The predicted octanol–water partition coefficient (Wildman–Crippen LogP) is 5.82. The van der Waals surface area contributed by atoms with Gasteiger partial charge in [-0.25, -0.2) is 0 Å². The van der Waals surface area contributed by atoms with Crippen molar-refractivity contribution in [1.29, 1.82) is 0 Å². The second-order valence-electron chi connectivity index (χ2n) is 4.96. The molecule has 0 radical (unpaired) electrons. The van der Waals surface area contributed by atoms with Crippen LogP contribution in [0.1, 0.15) is 11.1 Å². The van der Waals surface area contributed by atoms with E-state index in [2.05, 4.69) is 31.9 Å². The molecule has 1 nitrogen and oxygen atoms in total. The highest BCUT2D eigenvalue weighted by atomic mass is 79.9. The van der Waals surface area contributed by atoms with E-state index in [9.17, 15) is 4.79 Å². The van der Waals surface area contributed by atoms with Crippen LogP contribution in [-0.4, -0.2) is 5.78 Å². The lowest BCUT2D eigenvalue weighted by molar-refractivity contribution is -0.111. The number of hydrogen-bond acceptors (Lipinski definition) is 1. The van der Waals surface area contributed by atoms with Crippen LogP contribution in [0, 0.1) is 0 Å². The normalized spacial score (nSPS) is 17.6. The maximum atomic E-state index is 12.4. The maximum Gasteiger partial charge on any atom is 0.193 e. The molecule has 0 N–H and O–H groups in total. The Kier molecular flexibility index (Phi) is 4.55. The van der Waals surface area contributed by atoms with Crippen LogP contribution in [0.2, 0.25) is 0 Å². The SMILES string of the molecule is O=C1/C(=C/c2ccc(Br)cc2)C=C/C1=C\c1ccc(Br)cc1. The number of rotatable bonds is 2. The molecule has 0 atom stereocenters. The second kappa shape index (κ2) is 6.59. The first-order valence-corrected chi connectivity index (χ1v) is 8.38. The highest BCUT2D eigenvalue weighted by Gasteiger charge is 2.17. The van der Waals surface area contributed by atoms with Crippen molar-refractivity contribution in [3.05, 3.63) is 91.9 Å². The third-order valence-electron chi connectivity index (χ3n) is 3.35. The largest absolute Gasteiger partial charge is 0.289 e. The Morgan fingerprint density at radius 1 is 0.636 bits per heavy atom. The molecule has 0 saturated carbocycles. The zero-order chi connectivity index (χ0) is 15.5. The minimum absolute atomic E-state index is 0.0610. The quantitative estimate of drug-likeness (QED) is 0.565. The van der Waals surface area contributed by atoms with E-state index >= 15 is 0 Å². The first kappa shape index (κ1) is 15.2. The fraction of sp³-hybridized carbons (Fsp3) is 0. The highest BCUT2D eigenvalue weighted by Crippen LogP contribution is 2.24. The van der Waals surface area contributed by atoms with E-state index in [0.29, 0.717) is 11.1 Å². The van der Waals surface area contributed by atoms with Crippen molar-refractivity contribution in [3.8, 4) is 0 Å². The van der Waals surface area contributed by atoms with Gasteiger partial charge < -0.3 is 0 Å². The van der Waals surface area contributed by atoms with Gasteiger partial charge in [0.2, 0.25) is 0 Å². The average molecular weight is 416 g/mol. The standard InChI is InChI=1S/C19H12Br2O/c20-17-7-1-13(2-8-17)11-15-5-6-16(19(15)22)12-14-3-9-18(21)10-4-14/h1-12H/b15-11+,16-12+. The van der Waals surface area contributed by atoms with Crippen LogP contribution in [0.5, 0.6) is 0 Å². The number of halogens is 2. The van der Waals surface area contributed by atoms with Crippen LogP contribution in [0.3, 0.4) is 0 Å². The fourth-order valence-corrected chi connectivity index (χ4v) is 2.73. The number of carbonyl (C=O) groups excluding carboxylic acids is 1. The number of benzene rings is 2. The summed E-state index contributed by atoms with van der Waals surface area (Å²) in [7, 11) is 0. The molecule has 0 saturated heterocycles. The van der Waals surface area contributed by atoms with E-state index < -0.39 is 0 Å². The molecule has 0 spiro atoms. The fourth-order valence-electron chi connectivity index (χ4n) is 2.20. The lowest BCUT2D eigenvalue weighted by atomic mass is 10.1. The minimum Gasteiger partial charge on any atom is -0.289 e. The van der Waals surface area contributed by atoms with Gasteiger partial charge in [-0.2, -0.15) is 0 Å². The molecule has 0 bridgehead atoms. The molecule has 1 aliphatic carbocycles. The third-order valence-corrected chi connectivity index (χ3v) is 4.41. The summed E-state index contributed by atoms with van der Waals surface area (Å²) in [4.78, 5) is 12.4. The molecule has 0 heterocycles. The first-order valence-electron chi connectivity index (χ1n) is 6.79. The van der Waals surface area contributed by atoms with Crippen LogP contribution in [0.25, 0.3) is 12.2 Å². The van der Waals surface area contributed by atoms with Gasteiger partial charge in [0, 0.05) is 20.1 Å². The van der Waals surface area contributed by atoms with Gasteiger partial charge in [0.1, 0.15) is 0 Å². The topological polar surface area (TPSA) is 17.1 Å². The Labute approximate surface area is 146 Å². The van der Waals surface area contributed by atoms with E-state index in [1.165, 1.54) is 0 Å². The molecule has 2 aromatic rings. The summed E-state index contributed by atoms with van der Waals surface area (Å²) >= 11 is 6.82. The van der Waals surface area contributed by atoms with Crippen molar-refractivity contribution < 1.29 is 4.79 Å². The molecule has 2 aromatic carbocycles. The van der Waals surface area contributed by atoms with Crippen molar-refractivity contribution in [2.45, 2.75) is 0 Å². The number of ketones is 1. The molecule has 3 rings (SSSR count). The van der Waals surface area contributed by atoms with Gasteiger partial charge in [0.25, 0.3) is 0 Å². The minimum atomic E-state index is 0.0610. The molecule has 22 heavy (non-hydrogen) atoms. The van der Waals surface area contributed by atoms with Crippen molar-refractivity contribution in [3.63, 3.8) is 0 Å². The van der Waals surface area contributed by atoms with Crippen molar-refractivity contribution in [1.82, 2.24) is 0 Å². The van der Waals surface area contributed by atoms with Gasteiger partial charge in [-0.05, 0) is 47.5 Å². The zero-order valence-electron chi connectivity index (χ0n) is 11.6. The molecule has 3 heteroatoms. The number of hydrogen-bond donors (Lipinski definition) is 0. The predicted molar refractivity (Wildman–Crippen MR) is 98.4 cm³/mol. The Bertz CT molecular complexity index is 727. The highest BCUT2D eigenvalue weighted by molar-refractivity contribution is 9.10. The van der Waals surface area contributed by atoms with Crippen LogP contribution >= 0.6 is 31.9 Å². The maximum absolute atomic E-state index is 12.4. The monoisotopic (exact) mass is 414 g/mol. The summed E-state index contributed by atoms with van der Waals surface area (Å²) in [6, 6.07) is 15.8. The van der Waals surface area contributed by atoms with Crippen LogP contribution in [-0.2, 0) is 4.79 Å². The molecular weight excluding hydrogens is 404 g/mol. The first-order chi connectivity index (χ1) is 10.6. The molecule has 108 valence electrons.